The van der Waals surface area contributed by atoms with Crippen LogP contribution in [0.4, 0.5) is 5.69 Å². The van der Waals surface area contributed by atoms with E-state index >= 15 is 0 Å². The third-order valence-corrected chi connectivity index (χ3v) is 4.10. The molecule has 5 nitrogen and oxygen atoms in total. The molecule has 0 aliphatic carbocycles. The zero-order chi connectivity index (χ0) is 19.1. The molecule has 0 aliphatic rings. The van der Waals surface area contributed by atoms with Crippen molar-refractivity contribution in [3.63, 3.8) is 0 Å². The van der Waals surface area contributed by atoms with Crippen molar-refractivity contribution in [2.24, 2.45) is 0 Å². The van der Waals surface area contributed by atoms with Crippen LogP contribution in [-0.4, -0.2) is 16.8 Å². The topological polar surface area (TPSA) is 71.1 Å². The van der Waals surface area contributed by atoms with Crippen molar-refractivity contribution < 1.29 is 9.59 Å². The molecule has 134 valence electrons. The third kappa shape index (κ3) is 5.36. The molecule has 1 heterocycles. The quantitative estimate of drug-likeness (QED) is 0.604. The van der Waals surface area contributed by atoms with E-state index in [1.165, 1.54) is 0 Å². The minimum atomic E-state index is -0.429. The Balaban J connectivity index is 1.86. The van der Waals surface area contributed by atoms with Gasteiger partial charge in [0.05, 0.1) is 0 Å². The SMILES string of the molecule is O=C(Nc1cccc(Br)c1)C(=Cc1cccnc1)NC(=O)c1ccccc1. The van der Waals surface area contributed by atoms with Crippen LogP contribution in [0.3, 0.4) is 0 Å². The van der Waals surface area contributed by atoms with E-state index in [9.17, 15) is 9.59 Å². The highest BCUT2D eigenvalue weighted by Crippen LogP contribution is 2.16. The Morgan fingerprint density at radius 2 is 1.78 bits per heavy atom. The summed E-state index contributed by atoms with van der Waals surface area (Å²) in [6, 6.07) is 19.5. The molecule has 2 amide bonds. The molecule has 2 aromatic carbocycles. The fourth-order valence-electron chi connectivity index (χ4n) is 2.34. The number of nitrogens with one attached hydrogen (secondary N) is 2. The third-order valence-electron chi connectivity index (χ3n) is 3.61. The lowest BCUT2D eigenvalue weighted by Gasteiger charge is -2.11. The molecule has 0 spiro atoms. The van der Waals surface area contributed by atoms with Crippen LogP contribution in [0.2, 0.25) is 0 Å². The smallest absolute Gasteiger partial charge is 0.272 e. The zero-order valence-electron chi connectivity index (χ0n) is 14.2. The lowest BCUT2D eigenvalue weighted by atomic mass is 10.2. The first kappa shape index (κ1) is 18.5. The van der Waals surface area contributed by atoms with Gasteiger partial charge in [-0.15, -0.1) is 0 Å². The maximum absolute atomic E-state index is 12.8. The number of halogens is 1. The van der Waals surface area contributed by atoms with E-state index in [4.69, 9.17) is 0 Å². The van der Waals surface area contributed by atoms with Gasteiger partial charge in [0.1, 0.15) is 5.70 Å². The minimum absolute atomic E-state index is 0.122. The molecule has 0 fully saturated rings. The fourth-order valence-corrected chi connectivity index (χ4v) is 2.73. The molecule has 2 N–H and O–H groups in total. The van der Waals surface area contributed by atoms with Gasteiger partial charge < -0.3 is 10.6 Å². The summed E-state index contributed by atoms with van der Waals surface area (Å²) in [7, 11) is 0. The summed E-state index contributed by atoms with van der Waals surface area (Å²) in [5.74, 6) is -0.795. The van der Waals surface area contributed by atoms with Crippen LogP contribution in [-0.2, 0) is 4.79 Å². The molecule has 0 bridgehead atoms. The number of aromatic nitrogens is 1. The highest BCUT2D eigenvalue weighted by molar-refractivity contribution is 9.10. The summed E-state index contributed by atoms with van der Waals surface area (Å²) in [6.07, 6.45) is 4.84. The van der Waals surface area contributed by atoms with Crippen LogP contribution in [0.1, 0.15) is 15.9 Å². The molecule has 0 atom stereocenters. The Bertz CT molecular complexity index is 973. The molecule has 0 aliphatic heterocycles. The van der Waals surface area contributed by atoms with E-state index in [2.05, 4.69) is 31.5 Å². The van der Waals surface area contributed by atoms with Crippen molar-refractivity contribution in [2.75, 3.05) is 5.32 Å². The van der Waals surface area contributed by atoms with Crippen LogP contribution in [0.25, 0.3) is 6.08 Å². The van der Waals surface area contributed by atoms with Crippen LogP contribution in [0.15, 0.2) is 89.3 Å². The van der Waals surface area contributed by atoms with Crippen molar-refractivity contribution in [2.45, 2.75) is 0 Å². The predicted molar refractivity (Wildman–Crippen MR) is 109 cm³/mol. The Kier molecular flexibility index (Phi) is 6.12. The first-order chi connectivity index (χ1) is 13.1. The second-order valence-electron chi connectivity index (χ2n) is 5.63. The Hall–Kier alpha value is -3.25. The van der Waals surface area contributed by atoms with Crippen molar-refractivity contribution >= 4 is 39.5 Å². The van der Waals surface area contributed by atoms with E-state index < -0.39 is 5.91 Å². The van der Waals surface area contributed by atoms with Crippen LogP contribution in [0.5, 0.6) is 0 Å². The Morgan fingerprint density at radius 3 is 2.48 bits per heavy atom. The van der Waals surface area contributed by atoms with E-state index in [1.54, 1.807) is 67.0 Å². The molecule has 27 heavy (non-hydrogen) atoms. The molecule has 0 radical (unpaired) electrons. The Morgan fingerprint density at radius 1 is 0.963 bits per heavy atom. The second kappa shape index (κ2) is 8.91. The number of anilines is 1. The number of carbonyl (C=O) groups excluding carboxylic acids is 2. The number of pyridine rings is 1. The van der Waals surface area contributed by atoms with Crippen LogP contribution >= 0.6 is 15.9 Å². The highest BCUT2D eigenvalue weighted by atomic mass is 79.9. The Labute approximate surface area is 165 Å². The summed E-state index contributed by atoms with van der Waals surface area (Å²) in [6.45, 7) is 0. The van der Waals surface area contributed by atoms with E-state index in [1.807, 2.05) is 18.2 Å². The van der Waals surface area contributed by atoms with Gasteiger partial charge in [-0.25, -0.2) is 0 Å². The predicted octanol–water partition coefficient (Wildman–Crippen LogP) is 4.25. The molecule has 0 unspecified atom stereocenters. The van der Waals surface area contributed by atoms with E-state index in [0.717, 1.165) is 4.47 Å². The summed E-state index contributed by atoms with van der Waals surface area (Å²) in [4.78, 5) is 29.3. The molecule has 0 saturated carbocycles. The number of amides is 2. The first-order valence-electron chi connectivity index (χ1n) is 8.17. The molecular weight excluding hydrogens is 406 g/mol. The summed E-state index contributed by atoms with van der Waals surface area (Å²) in [5.41, 5.74) is 1.90. The lowest BCUT2D eigenvalue weighted by molar-refractivity contribution is -0.113. The van der Waals surface area contributed by atoms with Gasteiger partial charge in [0, 0.05) is 28.1 Å². The molecule has 3 rings (SSSR count). The average Bonchev–Trinajstić information content (AvgIpc) is 2.69. The minimum Gasteiger partial charge on any atom is -0.321 e. The standard InChI is InChI=1S/C21H16BrN3O2/c22-17-9-4-10-18(13-17)24-21(27)19(12-15-6-5-11-23-14-15)25-20(26)16-7-2-1-3-8-16/h1-14H,(H,24,27)(H,25,26). The van der Waals surface area contributed by atoms with Crippen molar-refractivity contribution in [3.05, 3.63) is 100 Å². The van der Waals surface area contributed by atoms with Crippen molar-refractivity contribution in [1.29, 1.82) is 0 Å². The normalized spacial score (nSPS) is 10.9. The maximum Gasteiger partial charge on any atom is 0.272 e. The monoisotopic (exact) mass is 421 g/mol. The van der Waals surface area contributed by atoms with Gasteiger partial charge in [-0.2, -0.15) is 0 Å². The molecule has 0 saturated heterocycles. The average molecular weight is 422 g/mol. The molecular formula is C21H16BrN3O2. The van der Waals surface area contributed by atoms with E-state index in [0.29, 0.717) is 16.8 Å². The lowest BCUT2D eigenvalue weighted by Crippen LogP contribution is -2.30. The van der Waals surface area contributed by atoms with Gasteiger partial charge in [-0.1, -0.05) is 46.3 Å². The van der Waals surface area contributed by atoms with Crippen molar-refractivity contribution in [3.8, 4) is 0 Å². The number of carbonyl (C=O) groups is 2. The number of rotatable bonds is 5. The maximum atomic E-state index is 12.8. The van der Waals surface area contributed by atoms with Gasteiger partial charge in [-0.3, -0.25) is 14.6 Å². The van der Waals surface area contributed by atoms with Gasteiger partial charge in [0.2, 0.25) is 0 Å². The fraction of sp³-hybridized carbons (Fsp3) is 0. The number of hydrogen-bond acceptors (Lipinski definition) is 3. The second-order valence-corrected chi connectivity index (χ2v) is 6.54. The summed E-state index contributed by atoms with van der Waals surface area (Å²) >= 11 is 3.37. The molecule has 3 aromatic rings. The van der Waals surface area contributed by atoms with Crippen molar-refractivity contribution in [1.82, 2.24) is 10.3 Å². The largest absolute Gasteiger partial charge is 0.321 e. The zero-order valence-corrected chi connectivity index (χ0v) is 15.8. The van der Waals surface area contributed by atoms with Gasteiger partial charge in [0.15, 0.2) is 0 Å². The summed E-state index contributed by atoms with van der Waals surface area (Å²) in [5, 5.41) is 5.47. The first-order valence-corrected chi connectivity index (χ1v) is 8.96. The molecule has 1 aromatic heterocycles. The highest BCUT2D eigenvalue weighted by Gasteiger charge is 2.15. The van der Waals surface area contributed by atoms with Crippen LogP contribution < -0.4 is 10.6 Å². The number of nitrogens with zero attached hydrogens (tertiary/aromatic N) is 1. The number of benzene rings is 2. The van der Waals surface area contributed by atoms with E-state index in [-0.39, 0.29) is 11.6 Å². The van der Waals surface area contributed by atoms with Gasteiger partial charge in [0.25, 0.3) is 11.8 Å². The summed E-state index contributed by atoms with van der Waals surface area (Å²) < 4.78 is 0.839. The van der Waals surface area contributed by atoms with Crippen LogP contribution in [0, 0.1) is 0 Å². The van der Waals surface area contributed by atoms with Gasteiger partial charge in [-0.05, 0) is 48.0 Å². The number of hydrogen-bond donors (Lipinski definition) is 2. The molecule has 6 heteroatoms. The van der Waals surface area contributed by atoms with Gasteiger partial charge >= 0.3 is 0 Å².